The fourth-order valence-corrected chi connectivity index (χ4v) is 3.14. The minimum atomic E-state index is -0.248. The Bertz CT molecular complexity index is 796. The number of nitrogens with one attached hydrogen (secondary N) is 1. The van der Waals surface area contributed by atoms with Crippen molar-refractivity contribution in [1.82, 2.24) is 4.98 Å². The van der Waals surface area contributed by atoms with Gasteiger partial charge in [-0.25, -0.2) is 4.98 Å². The van der Waals surface area contributed by atoms with Crippen molar-refractivity contribution in [1.29, 1.82) is 0 Å². The van der Waals surface area contributed by atoms with Gasteiger partial charge in [0, 0.05) is 5.69 Å². The number of carbonyl (C=O) groups is 1. The predicted molar refractivity (Wildman–Crippen MR) is 93.8 cm³/mol. The summed E-state index contributed by atoms with van der Waals surface area (Å²) in [5, 5.41) is 3.26. The van der Waals surface area contributed by atoms with Gasteiger partial charge in [-0.15, -0.1) is 0 Å². The normalized spacial score (nSPS) is 12.3. The minimum Gasteiger partial charge on any atom is -0.431 e. The van der Waals surface area contributed by atoms with Crippen molar-refractivity contribution in [2.75, 3.05) is 5.32 Å². The summed E-state index contributed by atoms with van der Waals surface area (Å²) in [5.74, 6) is -0.0333. The summed E-state index contributed by atoms with van der Waals surface area (Å²) in [6.07, 6.45) is 0.696. The maximum atomic E-state index is 12.5. The highest BCUT2D eigenvalue weighted by Gasteiger charge is 2.21. The number of hydrogen-bond acceptors (Lipinski definition) is 4. The average Bonchev–Trinajstić information content (AvgIpc) is 2.97. The van der Waals surface area contributed by atoms with Crippen LogP contribution in [0.4, 0.5) is 5.69 Å². The molecular weight excluding hydrogens is 308 g/mol. The van der Waals surface area contributed by atoms with Gasteiger partial charge in [-0.05, 0) is 37.1 Å². The number of amides is 1. The van der Waals surface area contributed by atoms with E-state index in [0.29, 0.717) is 11.6 Å². The molecule has 3 aromatic rings. The number of nitrogens with zero attached hydrogens (tertiary/aromatic N) is 1. The van der Waals surface area contributed by atoms with Crippen molar-refractivity contribution < 1.29 is 9.21 Å². The smallest absolute Gasteiger partial charge is 0.257 e. The molecule has 2 aromatic carbocycles. The zero-order chi connectivity index (χ0) is 16.2. The lowest BCUT2D eigenvalue weighted by Crippen LogP contribution is -2.24. The molecule has 0 fully saturated rings. The maximum Gasteiger partial charge on any atom is 0.257 e. The van der Waals surface area contributed by atoms with Gasteiger partial charge in [0.2, 0.25) is 5.91 Å². The number of anilines is 1. The summed E-state index contributed by atoms with van der Waals surface area (Å²) in [4.78, 5) is 16.9. The fraction of sp³-hybridized carbons (Fsp3) is 0.222. The lowest BCUT2D eigenvalue weighted by Gasteiger charge is -2.14. The molecule has 5 heteroatoms. The molecule has 23 heavy (non-hydrogen) atoms. The molecule has 3 rings (SSSR count). The molecule has 1 N–H and O–H groups in total. The first-order valence-corrected chi connectivity index (χ1v) is 8.44. The third-order valence-corrected chi connectivity index (χ3v) is 4.79. The molecule has 1 aromatic heterocycles. The Morgan fingerprint density at radius 2 is 1.96 bits per heavy atom. The number of hydrogen-bond donors (Lipinski definition) is 1. The van der Waals surface area contributed by atoms with E-state index in [4.69, 9.17) is 4.42 Å². The third kappa shape index (κ3) is 3.56. The summed E-state index contributed by atoms with van der Waals surface area (Å²) in [6.45, 7) is 3.96. The summed E-state index contributed by atoms with van der Waals surface area (Å²) in [6, 6.07) is 15.4. The largest absolute Gasteiger partial charge is 0.431 e. The van der Waals surface area contributed by atoms with Crippen LogP contribution in [0.1, 0.15) is 18.9 Å². The van der Waals surface area contributed by atoms with E-state index in [1.165, 1.54) is 11.8 Å². The lowest BCUT2D eigenvalue weighted by molar-refractivity contribution is -0.115. The monoisotopic (exact) mass is 326 g/mol. The average molecular weight is 326 g/mol. The molecular formula is C18H18N2O2S. The molecule has 118 valence electrons. The van der Waals surface area contributed by atoms with E-state index in [0.717, 1.165) is 22.4 Å². The number of fused-ring (bicyclic) bond motifs is 1. The van der Waals surface area contributed by atoms with E-state index in [2.05, 4.69) is 10.3 Å². The predicted octanol–water partition coefficient (Wildman–Crippen LogP) is 4.65. The van der Waals surface area contributed by atoms with Crippen molar-refractivity contribution in [2.24, 2.45) is 0 Å². The summed E-state index contributed by atoms with van der Waals surface area (Å²) in [5.41, 5.74) is 3.44. The highest BCUT2D eigenvalue weighted by molar-refractivity contribution is 8.00. The zero-order valence-electron chi connectivity index (χ0n) is 13.1. The van der Waals surface area contributed by atoms with Crippen LogP contribution in [0.5, 0.6) is 0 Å². The highest BCUT2D eigenvalue weighted by Crippen LogP contribution is 2.29. The number of aryl methyl sites for hydroxylation is 1. The fourth-order valence-electron chi connectivity index (χ4n) is 2.27. The van der Waals surface area contributed by atoms with E-state index in [9.17, 15) is 4.79 Å². The molecule has 0 radical (unpaired) electrons. The first kappa shape index (κ1) is 15.6. The van der Waals surface area contributed by atoms with Gasteiger partial charge in [0.25, 0.3) is 5.22 Å². The van der Waals surface area contributed by atoms with Gasteiger partial charge in [0.15, 0.2) is 5.58 Å². The number of rotatable bonds is 5. The number of oxazole rings is 1. The molecule has 1 amide bonds. The second-order valence-electron chi connectivity index (χ2n) is 5.27. The Hall–Kier alpha value is -2.27. The van der Waals surface area contributed by atoms with E-state index in [1.807, 2.05) is 62.4 Å². The Morgan fingerprint density at radius 1 is 1.22 bits per heavy atom. The van der Waals surface area contributed by atoms with Gasteiger partial charge in [0.1, 0.15) is 5.52 Å². The quantitative estimate of drug-likeness (QED) is 0.694. The molecule has 1 heterocycles. The van der Waals surface area contributed by atoms with Crippen LogP contribution >= 0.6 is 11.8 Å². The summed E-state index contributed by atoms with van der Waals surface area (Å²) >= 11 is 1.36. The number of carbonyl (C=O) groups excluding carboxylic acids is 1. The third-order valence-electron chi connectivity index (χ3n) is 3.58. The van der Waals surface area contributed by atoms with Crippen molar-refractivity contribution in [3.05, 3.63) is 54.1 Å². The molecule has 0 aliphatic rings. The molecule has 0 aliphatic heterocycles. The van der Waals surface area contributed by atoms with Crippen LogP contribution in [0.25, 0.3) is 11.1 Å². The first-order valence-electron chi connectivity index (χ1n) is 7.56. The van der Waals surface area contributed by atoms with Gasteiger partial charge in [-0.2, -0.15) is 0 Å². The molecule has 0 saturated heterocycles. The van der Waals surface area contributed by atoms with Crippen LogP contribution in [-0.4, -0.2) is 16.1 Å². The molecule has 1 atom stereocenters. The van der Waals surface area contributed by atoms with Gasteiger partial charge < -0.3 is 9.73 Å². The van der Waals surface area contributed by atoms with Crippen LogP contribution in [0.15, 0.2) is 58.2 Å². The molecule has 4 nitrogen and oxygen atoms in total. The van der Waals surface area contributed by atoms with Crippen LogP contribution in [0, 0.1) is 6.92 Å². The van der Waals surface area contributed by atoms with Crippen LogP contribution < -0.4 is 5.32 Å². The van der Waals surface area contributed by atoms with Gasteiger partial charge in [-0.1, -0.05) is 49.0 Å². The second kappa shape index (κ2) is 6.87. The minimum absolute atomic E-state index is 0.0333. The van der Waals surface area contributed by atoms with Crippen LogP contribution in [-0.2, 0) is 4.79 Å². The Labute approximate surface area is 139 Å². The topological polar surface area (TPSA) is 55.1 Å². The molecule has 0 spiro atoms. The molecule has 0 bridgehead atoms. The standard InChI is InChI=1S/C18H18N2O2S/c1-3-16(17(21)19-13-9-5-4-8-12(13)2)23-18-20-14-10-6-7-11-15(14)22-18/h4-11,16H,3H2,1-2H3,(H,19,21). The number of aromatic nitrogens is 1. The van der Waals surface area contributed by atoms with Crippen molar-refractivity contribution in [3.8, 4) is 0 Å². The van der Waals surface area contributed by atoms with E-state index >= 15 is 0 Å². The van der Waals surface area contributed by atoms with Crippen LogP contribution in [0.3, 0.4) is 0 Å². The zero-order valence-corrected chi connectivity index (χ0v) is 13.9. The van der Waals surface area contributed by atoms with E-state index in [-0.39, 0.29) is 11.2 Å². The molecule has 0 saturated carbocycles. The number of para-hydroxylation sites is 3. The Balaban J connectivity index is 1.74. The maximum absolute atomic E-state index is 12.5. The number of thioether (sulfide) groups is 1. The van der Waals surface area contributed by atoms with Gasteiger partial charge in [0.05, 0.1) is 5.25 Å². The number of benzene rings is 2. The van der Waals surface area contributed by atoms with Crippen molar-refractivity contribution in [2.45, 2.75) is 30.7 Å². The lowest BCUT2D eigenvalue weighted by atomic mass is 10.2. The molecule has 1 unspecified atom stereocenters. The SMILES string of the molecule is CCC(Sc1nc2ccccc2o1)C(=O)Nc1ccccc1C. The summed E-state index contributed by atoms with van der Waals surface area (Å²) < 4.78 is 5.70. The Kier molecular flexibility index (Phi) is 4.67. The van der Waals surface area contributed by atoms with Crippen molar-refractivity contribution >= 4 is 34.5 Å². The Morgan fingerprint density at radius 3 is 2.70 bits per heavy atom. The first-order chi connectivity index (χ1) is 11.2. The van der Waals surface area contributed by atoms with Gasteiger partial charge in [-0.3, -0.25) is 4.79 Å². The van der Waals surface area contributed by atoms with E-state index in [1.54, 1.807) is 0 Å². The highest BCUT2D eigenvalue weighted by atomic mass is 32.2. The second-order valence-corrected chi connectivity index (χ2v) is 6.42. The van der Waals surface area contributed by atoms with Crippen LogP contribution in [0.2, 0.25) is 0 Å². The van der Waals surface area contributed by atoms with Gasteiger partial charge >= 0.3 is 0 Å². The molecule has 0 aliphatic carbocycles. The van der Waals surface area contributed by atoms with E-state index < -0.39 is 0 Å². The van der Waals surface area contributed by atoms with Crippen molar-refractivity contribution in [3.63, 3.8) is 0 Å². The summed E-state index contributed by atoms with van der Waals surface area (Å²) in [7, 11) is 0.